The van der Waals surface area contributed by atoms with E-state index in [-0.39, 0.29) is 47.7 Å². The highest BCUT2D eigenvalue weighted by Crippen LogP contribution is 2.48. The van der Waals surface area contributed by atoms with Crippen molar-refractivity contribution in [2.45, 2.75) is 37.8 Å². The van der Waals surface area contributed by atoms with Gasteiger partial charge >= 0.3 is 0 Å². The number of benzene rings is 2. The first kappa shape index (κ1) is 12.1. The number of piperazine rings is 1. The second-order valence-electron chi connectivity index (χ2n) is 7.82. The molecule has 25 heavy (non-hydrogen) atoms. The third-order valence-electron chi connectivity index (χ3n) is 5.90. The van der Waals surface area contributed by atoms with Gasteiger partial charge in [-0.05, 0) is 56.1 Å². The van der Waals surface area contributed by atoms with E-state index in [1.54, 1.807) is 0 Å². The van der Waals surface area contributed by atoms with Crippen LogP contribution in [0.1, 0.15) is 55.8 Å². The lowest BCUT2D eigenvalue weighted by molar-refractivity contribution is 0.0158. The molecule has 2 aromatic rings. The lowest BCUT2D eigenvalue weighted by atomic mass is 9.93. The second kappa shape index (κ2) is 6.42. The average molecular weight is 360 g/mol. The Hall–Kier alpha value is -1.35. The van der Waals surface area contributed by atoms with Crippen molar-refractivity contribution in [3.8, 4) is 0 Å². The van der Waals surface area contributed by atoms with E-state index in [0.717, 1.165) is 30.8 Å². The van der Waals surface area contributed by atoms with E-state index in [1.165, 1.54) is 0 Å². The van der Waals surface area contributed by atoms with Gasteiger partial charge in [0.15, 0.2) is 0 Å². The Morgan fingerprint density at radius 1 is 1.12 bits per heavy atom. The molecule has 2 atom stereocenters. The van der Waals surface area contributed by atoms with E-state index in [9.17, 15) is 0 Å². The third kappa shape index (κ3) is 3.12. The van der Waals surface area contributed by atoms with Crippen LogP contribution in [-0.2, 0) is 0 Å². The minimum absolute atomic E-state index is 0.0335. The topological polar surface area (TPSA) is 6.48 Å². The van der Waals surface area contributed by atoms with Crippen LogP contribution in [0.4, 0.5) is 0 Å². The van der Waals surface area contributed by atoms with Gasteiger partial charge in [-0.15, -0.1) is 0 Å². The summed E-state index contributed by atoms with van der Waals surface area (Å²) in [6, 6.07) is 4.79. The van der Waals surface area contributed by atoms with Gasteiger partial charge < -0.3 is 0 Å². The fourth-order valence-corrected chi connectivity index (χ4v) is 4.41. The summed E-state index contributed by atoms with van der Waals surface area (Å²) in [5, 5.41) is 0.661. The standard InChI is InChI=1S/C22H27ClN2/c1-22(2)15-25(12-11-24(22)3)21-14-19(16-7-5-4-6-8-16)18-10-9-17(23)13-20(18)21/h4-10,13,19,21H,11-12,14-15H2,1-3H3/t19-,21+/m0/s1/i4D,5D,6D,7D,8D. The number of hydrogen-bond acceptors (Lipinski definition) is 2. The summed E-state index contributed by atoms with van der Waals surface area (Å²) in [5.74, 6) is -0.251. The normalized spacial score (nSPS) is 29.4. The molecule has 1 aliphatic heterocycles. The van der Waals surface area contributed by atoms with E-state index in [4.69, 9.17) is 18.5 Å². The van der Waals surface area contributed by atoms with Crippen molar-refractivity contribution in [2.75, 3.05) is 26.7 Å². The van der Waals surface area contributed by atoms with Crippen LogP contribution < -0.4 is 0 Å². The molecule has 1 saturated heterocycles. The number of fused-ring (bicyclic) bond motifs is 1. The van der Waals surface area contributed by atoms with Crippen molar-refractivity contribution in [1.29, 1.82) is 0 Å². The predicted molar refractivity (Wildman–Crippen MR) is 105 cm³/mol. The molecule has 132 valence electrons. The molecular weight excluding hydrogens is 328 g/mol. The van der Waals surface area contributed by atoms with Crippen LogP contribution in [0.3, 0.4) is 0 Å². The summed E-state index contributed by atoms with van der Waals surface area (Å²) in [4.78, 5) is 4.83. The maximum atomic E-state index is 8.46. The molecule has 0 aromatic heterocycles. The number of hydrogen-bond donors (Lipinski definition) is 0. The highest BCUT2D eigenvalue weighted by molar-refractivity contribution is 6.30. The highest BCUT2D eigenvalue weighted by Gasteiger charge is 2.40. The molecule has 0 unspecified atom stereocenters. The van der Waals surface area contributed by atoms with Crippen molar-refractivity contribution in [2.24, 2.45) is 0 Å². The van der Waals surface area contributed by atoms with Gasteiger partial charge in [0.2, 0.25) is 0 Å². The highest BCUT2D eigenvalue weighted by atomic mass is 35.5. The Kier molecular flexibility index (Phi) is 3.11. The molecule has 1 aliphatic carbocycles. The Morgan fingerprint density at radius 3 is 2.60 bits per heavy atom. The van der Waals surface area contributed by atoms with E-state index >= 15 is 0 Å². The zero-order valence-electron chi connectivity index (χ0n) is 20.0. The third-order valence-corrected chi connectivity index (χ3v) is 6.13. The molecule has 4 rings (SSSR count). The van der Waals surface area contributed by atoms with Crippen molar-refractivity contribution < 1.29 is 6.85 Å². The summed E-state index contributed by atoms with van der Waals surface area (Å²) in [6.45, 7) is 7.25. The number of nitrogens with zero attached hydrogens (tertiary/aromatic N) is 2. The Labute approximate surface area is 163 Å². The smallest absolute Gasteiger partial charge is 0.0626 e. The van der Waals surface area contributed by atoms with Crippen molar-refractivity contribution >= 4 is 11.6 Å². The summed E-state index contributed by atoms with van der Waals surface area (Å²) >= 11 is 6.35. The van der Waals surface area contributed by atoms with E-state index < -0.39 is 0 Å². The monoisotopic (exact) mass is 359 g/mol. The molecule has 0 amide bonds. The van der Waals surface area contributed by atoms with Crippen molar-refractivity contribution in [3.63, 3.8) is 0 Å². The van der Waals surface area contributed by atoms with Crippen LogP contribution in [0.25, 0.3) is 0 Å². The molecule has 0 radical (unpaired) electrons. The number of likely N-dealkylation sites (N-methyl/N-ethyl adjacent to an activating group) is 1. The van der Waals surface area contributed by atoms with Crippen LogP contribution in [0.5, 0.6) is 0 Å². The molecule has 2 aromatic carbocycles. The molecule has 3 heteroatoms. The first-order valence-electron chi connectivity index (χ1n) is 11.3. The average Bonchev–Trinajstić information content (AvgIpc) is 3.05. The van der Waals surface area contributed by atoms with Crippen molar-refractivity contribution in [3.05, 3.63) is 70.1 Å². The van der Waals surface area contributed by atoms with Gasteiger partial charge in [0.1, 0.15) is 0 Å². The van der Waals surface area contributed by atoms with Crippen LogP contribution >= 0.6 is 11.6 Å². The quantitative estimate of drug-likeness (QED) is 0.749. The molecule has 0 saturated carbocycles. The van der Waals surface area contributed by atoms with E-state index in [2.05, 4.69) is 30.7 Å². The number of rotatable bonds is 2. The van der Waals surface area contributed by atoms with Crippen LogP contribution in [0.15, 0.2) is 48.4 Å². The van der Waals surface area contributed by atoms with Crippen LogP contribution in [-0.4, -0.2) is 42.0 Å². The lowest BCUT2D eigenvalue weighted by Gasteiger charge is -2.47. The maximum absolute atomic E-state index is 8.46. The van der Waals surface area contributed by atoms with Gasteiger partial charge in [0, 0.05) is 42.2 Å². The second-order valence-corrected chi connectivity index (χ2v) is 8.26. The van der Waals surface area contributed by atoms with Gasteiger partial charge in [-0.2, -0.15) is 0 Å². The fraction of sp³-hybridized carbons (Fsp3) is 0.455. The fourth-order valence-electron chi connectivity index (χ4n) is 4.23. The summed E-state index contributed by atoms with van der Waals surface area (Å²) in [6.07, 6.45) is 0.684. The predicted octanol–water partition coefficient (Wildman–Crippen LogP) is 4.94. The van der Waals surface area contributed by atoms with E-state index in [0.29, 0.717) is 17.0 Å². The molecule has 0 N–H and O–H groups in total. The minimum atomic E-state index is -0.347. The Bertz CT molecular complexity index is 981. The van der Waals surface area contributed by atoms with Gasteiger partial charge in [0.25, 0.3) is 0 Å². The maximum Gasteiger partial charge on any atom is 0.0626 e. The van der Waals surface area contributed by atoms with Crippen molar-refractivity contribution in [1.82, 2.24) is 9.80 Å². The molecular formula is C22H27ClN2. The van der Waals surface area contributed by atoms with Crippen LogP contribution in [0, 0.1) is 0 Å². The minimum Gasteiger partial charge on any atom is -0.299 e. The van der Waals surface area contributed by atoms with Crippen LogP contribution in [0.2, 0.25) is 5.02 Å². The first-order chi connectivity index (χ1) is 14.0. The molecule has 2 aliphatic rings. The zero-order valence-corrected chi connectivity index (χ0v) is 15.7. The van der Waals surface area contributed by atoms with E-state index in [1.807, 2.05) is 18.2 Å². The molecule has 2 nitrogen and oxygen atoms in total. The Balaban J connectivity index is 1.81. The van der Waals surface area contributed by atoms with Gasteiger partial charge in [-0.3, -0.25) is 9.80 Å². The summed E-state index contributed by atoms with van der Waals surface area (Å²) < 4.78 is 41.0. The summed E-state index contributed by atoms with van der Waals surface area (Å²) in [5.41, 5.74) is 2.55. The van der Waals surface area contributed by atoms with Gasteiger partial charge in [0.05, 0.1) is 6.85 Å². The number of halogens is 1. The molecule has 0 bridgehead atoms. The van der Waals surface area contributed by atoms with Gasteiger partial charge in [-0.1, -0.05) is 47.9 Å². The van der Waals surface area contributed by atoms with Gasteiger partial charge in [-0.25, -0.2) is 0 Å². The largest absolute Gasteiger partial charge is 0.299 e. The SMILES string of the molecule is [2H]c1c([2H])c([2H])c([C@@H]2C[C@@H](N3CCN(C)C(C)(C)C3)c3cc(Cl)ccc32)c([2H])c1[2H]. The Morgan fingerprint density at radius 2 is 1.88 bits per heavy atom. The zero-order chi connectivity index (χ0) is 22.0. The summed E-state index contributed by atoms with van der Waals surface area (Å²) in [7, 11) is 2.15. The molecule has 1 heterocycles. The molecule has 1 fully saturated rings. The molecule has 0 spiro atoms. The first-order valence-corrected chi connectivity index (χ1v) is 9.22. The lowest BCUT2D eigenvalue weighted by Crippen LogP contribution is -2.58.